The standard InChI is InChI=1S/C14H12FN.C2H6/c1-9-5-6-10-3-2-4-11-7-8-12(16-15)13(9)14(10)11;1-2/h2-8,12,16H,1H3;1-2H3. The van der Waals surface area contributed by atoms with Crippen LogP contribution < -0.4 is 5.54 Å². The van der Waals surface area contributed by atoms with Gasteiger partial charge in [0.2, 0.25) is 0 Å². The van der Waals surface area contributed by atoms with E-state index in [-0.39, 0.29) is 6.04 Å². The number of aryl methyl sites for hydroxylation is 1. The summed E-state index contributed by atoms with van der Waals surface area (Å²) < 4.78 is 12.8. The number of benzene rings is 2. The molecule has 1 unspecified atom stereocenters. The maximum atomic E-state index is 12.8. The fraction of sp³-hybridized carbons (Fsp3) is 0.250. The Morgan fingerprint density at radius 2 is 1.89 bits per heavy atom. The minimum atomic E-state index is -0.321. The summed E-state index contributed by atoms with van der Waals surface area (Å²) in [6.45, 7) is 6.02. The Labute approximate surface area is 107 Å². The Morgan fingerprint density at radius 1 is 1.11 bits per heavy atom. The Balaban J connectivity index is 0.000000574. The molecule has 0 saturated carbocycles. The second-order valence-electron chi connectivity index (χ2n) is 4.19. The van der Waals surface area contributed by atoms with Crippen molar-refractivity contribution in [3.8, 4) is 0 Å². The third-order valence-electron chi connectivity index (χ3n) is 3.23. The van der Waals surface area contributed by atoms with E-state index in [1.165, 1.54) is 16.3 Å². The molecule has 1 aliphatic rings. The summed E-state index contributed by atoms with van der Waals surface area (Å²) in [4.78, 5) is 0. The van der Waals surface area contributed by atoms with E-state index in [9.17, 15) is 4.48 Å². The van der Waals surface area contributed by atoms with Crippen LogP contribution in [0.4, 0.5) is 4.48 Å². The molecule has 0 spiro atoms. The average Bonchev–Trinajstić information content (AvgIpc) is 2.45. The van der Waals surface area contributed by atoms with Crippen LogP contribution in [0.3, 0.4) is 0 Å². The molecule has 0 bridgehead atoms. The van der Waals surface area contributed by atoms with E-state index >= 15 is 0 Å². The molecule has 1 aliphatic carbocycles. The molecule has 0 aliphatic heterocycles. The predicted octanol–water partition coefficient (Wildman–Crippen LogP) is 4.72. The summed E-state index contributed by atoms with van der Waals surface area (Å²) >= 11 is 0. The van der Waals surface area contributed by atoms with Crippen LogP contribution in [0.1, 0.15) is 36.6 Å². The second kappa shape index (κ2) is 5.32. The second-order valence-corrected chi connectivity index (χ2v) is 4.19. The first kappa shape index (κ1) is 12.8. The van der Waals surface area contributed by atoms with Gasteiger partial charge in [0.15, 0.2) is 0 Å². The van der Waals surface area contributed by atoms with Crippen LogP contribution in [0.5, 0.6) is 0 Å². The fourth-order valence-electron chi connectivity index (χ4n) is 2.47. The summed E-state index contributed by atoms with van der Waals surface area (Å²) in [5.74, 6) is 0. The molecule has 0 heterocycles. The van der Waals surface area contributed by atoms with Crippen LogP contribution >= 0.6 is 0 Å². The summed E-state index contributed by atoms with van der Waals surface area (Å²) in [7, 11) is 0. The van der Waals surface area contributed by atoms with Gasteiger partial charge in [-0.3, -0.25) is 0 Å². The minimum Gasteiger partial charge on any atom is -0.148 e. The number of nitrogens with one attached hydrogen (secondary N) is 1. The summed E-state index contributed by atoms with van der Waals surface area (Å²) in [6.07, 6.45) is 3.84. The van der Waals surface area contributed by atoms with Crippen molar-refractivity contribution in [3.05, 3.63) is 53.1 Å². The molecular formula is C16H18FN. The van der Waals surface area contributed by atoms with Gasteiger partial charge in [-0.05, 0) is 34.4 Å². The molecule has 1 atom stereocenters. The van der Waals surface area contributed by atoms with Gasteiger partial charge >= 0.3 is 0 Å². The first-order valence-corrected chi connectivity index (χ1v) is 6.38. The Bertz CT molecular complexity index is 587. The van der Waals surface area contributed by atoms with Crippen LogP contribution in [0.25, 0.3) is 16.8 Å². The molecule has 0 amide bonds. The Morgan fingerprint density at radius 3 is 2.61 bits per heavy atom. The Hall–Kier alpha value is -1.67. The molecule has 94 valence electrons. The number of hydrogen-bond acceptors (Lipinski definition) is 1. The van der Waals surface area contributed by atoms with Crippen LogP contribution in [-0.2, 0) is 0 Å². The molecule has 0 radical (unpaired) electrons. The summed E-state index contributed by atoms with van der Waals surface area (Å²) in [5.41, 5.74) is 5.21. The molecule has 0 fully saturated rings. The van der Waals surface area contributed by atoms with Gasteiger partial charge < -0.3 is 0 Å². The number of halogens is 1. The average molecular weight is 243 g/mol. The highest BCUT2D eigenvalue weighted by molar-refractivity contribution is 5.96. The molecule has 2 aromatic carbocycles. The van der Waals surface area contributed by atoms with Gasteiger partial charge in [0.05, 0.1) is 6.04 Å². The lowest BCUT2D eigenvalue weighted by Gasteiger charge is -2.21. The number of hydrogen-bond donors (Lipinski definition) is 1. The summed E-state index contributed by atoms with van der Waals surface area (Å²) in [6, 6.07) is 9.98. The van der Waals surface area contributed by atoms with E-state index < -0.39 is 0 Å². The zero-order chi connectivity index (χ0) is 13.1. The quantitative estimate of drug-likeness (QED) is 0.715. The molecular weight excluding hydrogens is 225 g/mol. The summed E-state index contributed by atoms with van der Waals surface area (Å²) in [5, 5.41) is 2.34. The van der Waals surface area contributed by atoms with Crippen molar-refractivity contribution in [2.45, 2.75) is 26.8 Å². The highest BCUT2D eigenvalue weighted by Gasteiger charge is 2.19. The topological polar surface area (TPSA) is 12.0 Å². The van der Waals surface area contributed by atoms with E-state index in [4.69, 9.17) is 0 Å². The lowest BCUT2D eigenvalue weighted by molar-refractivity contribution is 0.303. The van der Waals surface area contributed by atoms with E-state index in [2.05, 4.69) is 18.2 Å². The monoisotopic (exact) mass is 243 g/mol. The van der Waals surface area contributed by atoms with Gasteiger partial charge in [-0.25, -0.2) is 0 Å². The first-order valence-electron chi connectivity index (χ1n) is 6.38. The van der Waals surface area contributed by atoms with E-state index in [0.717, 1.165) is 11.1 Å². The van der Waals surface area contributed by atoms with E-state index in [1.54, 1.807) is 0 Å². The largest absolute Gasteiger partial charge is 0.148 e. The maximum absolute atomic E-state index is 12.8. The normalized spacial score (nSPS) is 16.3. The molecule has 18 heavy (non-hydrogen) atoms. The lowest BCUT2D eigenvalue weighted by atomic mass is 9.87. The molecule has 2 heteroatoms. The van der Waals surface area contributed by atoms with E-state index in [0.29, 0.717) is 0 Å². The first-order chi connectivity index (χ1) is 8.81. The molecule has 1 N–H and O–H groups in total. The lowest BCUT2D eigenvalue weighted by Crippen LogP contribution is -2.14. The van der Waals surface area contributed by atoms with Crippen LogP contribution in [0, 0.1) is 6.92 Å². The van der Waals surface area contributed by atoms with Crippen molar-refractivity contribution in [3.63, 3.8) is 0 Å². The Kier molecular flexibility index (Phi) is 3.78. The van der Waals surface area contributed by atoms with Gasteiger partial charge in [-0.15, -0.1) is 10.0 Å². The van der Waals surface area contributed by atoms with Gasteiger partial charge in [0.1, 0.15) is 0 Å². The SMILES string of the molecule is CC.Cc1ccc2cccc3c2c1C(NF)C=C3. The van der Waals surface area contributed by atoms with Crippen LogP contribution in [-0.4, -0.2) is 0 Å². The van der Waals surface area contributed by atoms with Crippen molar-refractivity contribution < 1.29 is 4.48 Å². The van der Waals surface area contributed by atoms with E-state index in [1.807, 2.05) is 50.6 Å². The molecule has 0 saturated heterocycles. The van der Waals surface area contributed by atoms with Crippen LogP contribution in [0.15, 0.2) is 36.4 Å². The predicted molar refractivity (Wildman–Crippen MR) is 76.1 cm³/mol. The molecule has 1 nitrogen and oxygen atoms in total. The van der Waals surface area contributed by atoms with Gasteiger partial charge in [0.25, 0.3) is 0 Å². The zero-order valence-electron chi connectivity index (χ0n) is 11.0. The zero-order valence-corrected chi connectivity index (χ0v) is 11.0. The molecule has 2 aromatic rings. The number of rotatable bonds is 1. The maximum Gasteiger partial charge on any atom is 0.0814 e. The van der Waals surface area contributed by atoms with Gasteiger partial charge in [0, 0.05) is 0 Å². The molecule has 3 rings (SSSR count). The van der Waals surface area contributed by atoms with Crippen molar-refractivity contribution in [2.24, 2.45) is 0 Å². The molecule has 0 aromatic heterocycles. The smallest absolute Gasteiger partial charge is 0.0814 e. The van der Waals surface area contributed by atoms with Crippen molar-refractivity contribution >= 4 is 16.8 Å². The highest BCUT2D eigenvalue weighted by Crippen LogP contribution is 2.35. The van der Waals surface area contributed by atoms with Crippen molar-refractivity contribution in [2.75, 3.05) is 0 Å². The third-order valence-corrected chi connectivity index (χ3v) is 3.23. The fourth-order valence-corrected chi connectivity index (χ4v) is 2.47. The highest BCUT2D eigenvalue weighted by atomic mass is 19.2. The van der Waals surface area contributed by atoms with Crippen molar-refractivity contribution in [1.82, 2.24) is 5.54 Å². The third kappa shape index (κ3) is 1.93. The van der Waals surface area contributed by atoms with Gasteiger partial charge in [-0.1, -0.05) is 56.3 Å². The van der Waals surface area contributed by atoms with Crippen molar-refractivity contribution in [1.29, 1.82) is 0 Å². The van der Waals surface area contributed by atoms with Gasteiger partial charge in [-0.2, -0.15) is 0 Å². The minimum absolute atomic E-state index is 0.321. The van der Waals surface area contributed by atoms with Crippen LogP contribution in [0.2, 0.25) is 0 Å².